The molecule has 0 radical (unpaired) electrons. The van der Waals surface area contributed by atoms with Crippen LogP contribution < -0.4 is 11.5 Å². The monoisotopic (exact) mass is 865 g/mol. The lowest BCUT2D eigenvalue weighted by Gasteiger charge is -2.21. The minimum atomic E-state index is -0.868. The molecular weight excluding hydrogens is 818 g/mol. The molecule has 0 fully saturated rings. The number of nitrogens with zero attached hydrogens (tertiary/aromatic N) is 1. The summed E-state index contributed by atoms with van der Waals surface area (Å²) in [6.45, 7) is 7.05. The molecule has 0 unspecified atom stereocenters. The van der Waals surface area contributed by atoms with Gasteiger partial charge in [0.05, 0.1) is 10.6 Å². The Kier molecular flexibility index (Phi) is 11.9. The number of phenols is 4. The van der Waals surface area contributed by atoms with Crippen molar-refractivity contribution in [3.63, 3.8) is 0 Å². The summed E-state index contributed by atoms with van der Waals surface area (Å²) >= 11 is 6.13. The molecule has 1 aliphatic rings. The minimum Gasteiger partial charge on any atom is -0.504 e. The van der Waals surface area contributed by atoms with Gasteiger partial charge in [-0.05, 0) is 80.8 Å². The molecule has 0 saturated heterocycles. The predicted octanol–water partition coefficient (Wildman–Crippen LogP) is 12.8. The van der Waals surface area contributed by atoms with E-state index in [1.165, 1.54) is 27.8 Å². The topological polar surface area (TPSA) is 158 Å². The molecule has 0 spiro atoms. The zero-order chi connectivity index (χ0) is 45.3. The van der Waals surface area contributed by atoms with Crippen molar-refractivity contribution in [2.24, 2.45) is 16.5 Å². The fourth-order valence-electron chi connectivity index (χ4n) is 8.49. The number of aromatic hydroxyl groups is 4. The first-order valence-electron chi connectivity index (χ1n) is 20.8. The number of nitrogens with two attached hydrogens (primary N) is 2. The Labute approximate surface area is 377 Å². The summed E-state index contributed by atoms with van der Waals surface area (Å²) in [7, 11) is 1.74. The van der Waals surface area contributed by atoms with Gasteiger partial charge in [0.1, 0.15) is 17.0 Å². The minimum absolute atomic E-state index is 0.0238. The van der Waals surface area contributed by atoms with Gasteiger partial charge in [0.2, 0.25) is 11.5 Å². The van der Waals surface area contributed by atoms with E-state index >= 15 is 0 Å². The summed E-state index contributed by atoms with van der Waals surface area (Å²) in [4.78, 5) is 4.15. The average Bonchev–Trinajstić information content (AvgIpc) is 3.82. The summed E-state index contributed by atoms with van der Waals surface area (Å²) < 4.78 is 6.02. The predicted molar refractivity (Wildman–Crippen MR) is 261 cm³/mol. The van der Waals surface area contributed by atoms with E-state index in [0.717, 1.165) is 55.3 Å². The largest absolute Gasteiger partial charge is 0.504 e. The van der Waals surface area contributed by atoms with Crippen LogP contribution in [0.4, 0.5) is 0 Å². The molecule has 10 rings (SSSR count). The number of phenolic OH excluding ortho intramolecular Hbond substituents is 4. The molecule has 9 aromatic rings. The number of hydrogen-bond acceptors (Lipinski definition) is 7. The Morgan fingerprint density at radius 3 is 1.78 bits per heavy atom. The fourth-order valence-corrected chi connectivity index (χ4v) is 8.78. The Hall–Kier alpha value is -7.52. The maximum Gasteiger partial charge on any atom is 0.205 e. The van der Waals surface area contributed by atoms with Crippen LogP contribution in [0.25, 0.3) is 66.4 Å². The summed E-state index contributed by atoms with van der Waals surface area (Å²) in [5.41, 5.74) is 26.8. The normalized spacial score (nSPS) is 12.5. The second kappa shape index (κ2) is 17.7. The van der Waals surface area contributed by atoms with Crippen molar-refractivity contribution < 1.29 is 24.8 Å². The van der Waals surface area contributed by atoms with E-state index in [2.05, 4.69) is 98.6 Å². The molecule has 1 heterocycles. The molecule has 1 aliphatic carbocycles. The number of fused-ring (bicyclic) bond motifs is 6. The first-order valence-corrected chi connectivity index (χ1v) is 21.2. The molecule has 0 aliphatic heterocycles. The first kappa shape index (κ1) is 43.1. The molecule has 0 amide bonds. The molecule has 8 nitrogen and oxygen atoms in total. The maximum absolute atomic E-state index is 10.3. The van der Waals surface area contributed by atoms with E-state index < -0.39 is 23.0 Å². The number of aliphatic imine (C=N–C) groups is 1. The average molecular weight is 866 g/mol. The standard InChI is InChI=1S/C31H22ClNO5.C17H18N2.C7H8/c32-27-26(28(34)30(36)31(37)29(27)35)19-10-8-17(9-11-19)16-4-6-18(7-5-16)20-12-13-23-22(14-20)25-21(15-33)2-1-3-24(25)38-23;1-17(2)13-9-5-4-7-11(13)15-12(16(18)19-3)8-6-10-14(15)17;1-7-5-3-2-4-6-7/h1-14,34-37H,15,33H2;4-10H,1-3H3,(H2,18,19);2-6H,1H3. The Balaban J connectivity index is 0.000000177. The van der Waals surface area contributed by atoms with E-state index in [-0.39, 0.29) is 16.0 Å². The number of furan rings is 1. The molecule has 320 valence electrons. The molecular formula is C55H48ClN3O5. The maximum atomic E-state index is 10.3. The zero-order valence-corrected chi connectivity index (χ0v) is 36.7. The van der Waals surface area contributed by atoms with Gasteiger partial charge in [0.15, 0.2) is 11.5 Å². The van der Waals surface area contributed by atoms with Crippen LogP contribution in [0, 0.1) is 6.92 Å². The number of hydrogen-bond donors (Lipinski definition) is 6. The molecule has 9 heteroatoms. The number of amidine groups is 1. The second-order valence-electron chi connectivity index (χ2n) is 16.2. The highest BCUT2D eigenvalue weighted by Crippen LogP contribution is 2.53. The van der Waals surface area contributed by atoms with Crippen molar-refractivity contribution in [2.45, 2.75) is 32.7 Å². The van der Waals surface area contributed by atoms with Crippen molar-refractivity contribution in [1.29, 1.82) is 0 Å². The van der Waals surface area contributed by atoms with Crippen LogP contribution in [0.15, 0.2) is 167 Å². The lowest BCUT2D eigenvalue weighted by Crippen LogP contribution is -2.17. The zero-order valence-electron chi connectivity index (χ0n) is 35.9. The fraction of sp³-hybridized carbons (Fsp3) is 0.109. The molecule has 0 bridgehead atoms. The van der Waals surface area contributed by atoms with Gasteiger partial charge in [0, 0.05) is 35.3 Å². The van der Waals surface area contributed by atoms with E-state index in [4.69, 9.17) is 27.5 Å². The number of benzene rings is 8. The number of rotatable bonds is 5. The van der Waals surface area contributed by atoms with Crippen molar-refractivity contribution in [3.8, 4) is 67.5 Å². The molecule has 8 aromatic carbocycles. The third-order valence-electron chi connectivity index (χ3n) is 11.9. The summed E-state index contributed by atoms with van der Waals surface area (Å²) in [6, 6.07) is 52.5. The van der Waals surface area contributed by atoms with E-state index in [9.17, 15) is 20.4 Å². The smallest absolute Gasteiger partial charge is 0.205 e. The number of halogens is 1. The molecule has 8 N–H and O–H groups in total. The molecule has 1 aromatic heterocycles. The quantitative estimate of drug-likeness (QED) is 0.0435. The van der Waals surface area contributed by atoms with E-state index in [0.29, 0.717) is 17.9 Å². The van der Waals surface area contributed by atoms with Crippen molar-refractivity contribution >= 4 is 39.4 Å². The van der Waals surface area contributed by atoms with E-state index in [1.54, 1.807) is 19.2 Å². The Bertz CT molecular complexity index is 3160. The Morgan fingerprint density at radius 1 is 0.594 bits per heavy atom. The molecule has 64 heavy (non-hydrogen) atoms. The summed E-state index contributed by atoms with van der Waals surface area (Å²) in [5.74, 6) is -2.40. The van der Waals surface area contributed by atoms with Gasteiger partial charge >= 0.3 is 0 Å². The second-order valence-corrected chi connectivity index (χ2v) is 16.6. The lowest BCUT2D eigenvalue weighted by molar-refractivity contribution is 0.347. The molecule has 0 saturated carbocycles. The van der Waals surface area contributed by atoms with Gasteiger partial charge in [-0.1, -0.05) is 171 Å². The van der Waals surface area contributed by atoms with Crippen LogP contribution in [0.1, 0.15) is 41.7 Å². The van der Waals surface area contributed by atoms with Crippen LogP contribution in [-0.2, 0) is 12.0 Å². The van der Waals surface area contributed by atoms with Gasteiger partial charge in [-0.25, -0.2) is 0 Å². The third kappa shape index (κ3) is 7.90. The highest BCUT2D eigenvalue weighted by Gasteiger charge is 2.36. The first-order chi connectivity index (χ1) is 30.8. The van der Waals surface area contributed by atoms with Crippen LogP contribution in [0.2, 0.25) is 5.02 Å². The van der Waals surface area contributed by atoms with Gasteiger partial charge in [-0.2, -0.15) is 0 Å². The van der Waals surface area contributed by atoms with Crippen LogP contribution >= 0.6 is 11.6 Å². The lowest BCUT2D eigenvalue weighted by atomic mass is 9.82. The number of aryl methyl sites for hydroxylation is 1. The van der Waals surface area contributed by atoms with Crippen LogP contribution in [-0.4, -0.2) is 33.3 Å². The van der Waals surface area contributed by atoms with Gasteiger partial charge in [-0.3, -0.25) is 4.99 Å². The van der Waals surface area contributed by atoms with E-state index in [1.807, 2.05) is 72.8 Å². The molecule has 0 atom stereocenters. The summed E-state index contributed by atoms with van der Waals surface area (Å²) in [6.07, 6.45) is 0. The van der Waals surface area contributed by atoms with Crippen molar-refractivity contribution in [3.05, 3.63) is 191 Å². The van der Waals surface area contributed by atoms with Crippen LogP contribution in [0.5, 0.6) is 23.0 Å². The van der Waals surface area contributed by atoms with Gasteiger partial charge in [0.25, 0.3) is 0 Å². The van der Waals surface area contributed by atoms with Crippen molar-refractivity contribution in [2.75, 3.05) is 7.05 Å². The summed E-state index contributed by atoms with van der Waals surface area (Å²) in [5, 5.41) is 41.7. The SMILES string of the molecule is CN=C(N)c1cccc2c1-c1ccccc1C2(C)C.Cc1ccccc1.NCc1cccc2oc3ccc(-c4ccc(-c5ccc(-c6c(O)c(O)c(O)c(O)c6Cl)cc5)cc4)cc3c12. The Morgan fingerprint density at radius 2 is 1.16 bits per heavy atom. The highest BCUT2D eigenvalue weighted by molar-refractivity contribution is 6.35. The van der Waals surface area contributed by atoms with Gasteiger partial charge in [-0.15, -0.1) is 0 Å². The highest BCUT2D eigenvalue weighted by atomic mass is 35.5. The van der Waals surface area contributed by atoms with Crippen LogP contribution in [0.3, 0.4) is 0 Å². The third-order valence-corrected chi connectivity index (χ3v) is 12.3. The van der Waals surface area contributed by atoms with Crippen molar-refractivity contribution in [1.82, 2.24) is 0 Å². The van der Waals surface area contributed by atoms with Gasteiger partial charge < -0.3 is 36.3 Å².